The van der Waals surface area contributed by atoms with Crippen molar-refractivity contribution in [2.24, 2.45) is 0 Å². The molecule has 0 bridgehead atoms. The van der Waals surface area contributed by atoms with Crippen molar-refractivity contribution in [3.63, 3.8) is 0 Å². The number of para-hydroxylation sites is 3. The molecule has 0 fully saturated rings. The lowest BCUT2D eigenvalue weighted by molar-refractivity contribution is 0.590. The van der Waals surface area contributed by atoms with Gasteiger partial charge in [-0.15, -0.1) is 0 Å². The Hall–Kier alpha value is -7.30. The number of hydrogen-bond acceptors (Lipinski definition) is 1. The lowest BCUT2D eigenvalue weighted by Crippen LogP contribution is -2.13. The first kappa shape index (κ1) is 37.7. The zero-order chi connectivity index (χ0) is 42.3. The second kappa shape index (κ2) is 14.1. The van der Waals surface area contributed by atoms with Crippen molar-refractivity contribution in [1.82, 2.24) is 13.7 Å². The molecule has 0 radical (unpaired) electrons. The predicted octanol–water partition coefficient (Wildman–Crippen LogP) is 15.9. The number of anilines is 3. The maximum Gasteiger partial charge on any atom is 0.0548 e. The largest absolute Gasteiger partial charge is 0.317 e. The minimum atomic E-state index is 0.0408. The molecule has 0 aliphatic heterocycles. The summed E-state index contributed by atoms with van der Waals surface area (Å²) in [5.41, 5.74) is 15.5. The Bertz CT molecular complexity index is 3460. The summed E-state index contributed by atoms with van der Waals surface area (Å²) in [7, 11) is 0. The molecule has 11 rings (SSSR count). The molecule has 4 heteroatoms. The van der Waals surface area contributed by atoms with E-state index < -0.39 is 0 Å². The van der Waals surface area contributed by atoms with Gasteiger partial charge in [0.25, 0.3) is 0 Å². The van der Waals surface area contributed by atoms with Gasteiger partial charge < -0.3 is 18.6 Å². The third-order valence-corrected chi connectivity index (χ3v) is 12.8. The maximum absolute atomic E-state index is 2.44. The van der Waals surface area contributed by atoms with Crippen LogP contribution in [0.1, 0.15) is 52.7 Å². The summed E-state index contributed by atoms with van der Waals surface area (Å²) >= 11 is 0. The van der Waals surface area contributed by atoms with Crippen LogP contribution in [0.15, 0.2) is 194 Å². The predicted molar refractivity (Wildman–Crippen MR) is 264 cm³/mol. The van der Waals surface area contributed by atoms with Crippen molar-refractivity contribution in [3.05, 3.63) is 205 Å². The third-order valence-electron chi connectivity index (χ3n) is 12.8. The fourth-order valence-corrected chi connectivity index (χ4v) is 9.51. The van der Waals surface area contributed by atoms with E-state index >= 15 is 0 Å². The number of rotatable bonds is 6. The Labute approximate surface area is 363 Å². The summed E-state index contributed by atoms with van der Waals surface area (Å²) in [6.07, 6.45) is 2.19. The molecule has 3 heterocycles. The van der Waals surface area contributed by atoms with Gasteiger partial charge in [0, 0.05) is 67.3 Å². The molecular weight excluding hydrogens is 753 g/mol. The molecule has 0 aliphatic rings. The van der Waals surface area contributed by atoms with Gasteiger partial charge >= 0.3 is 0 Å². The second-order valence-electron chi connectivity index (χ2n) is 18.8. The maximum atomic E-state index is 2.44. The van der Waals surface area contributed by atoms with Crippen LogP contribution < -0.4 is 4.90 Å². The van der Waals surface area contributed by atoms with E-state index in [9.17, 15) is 0 Å². The van der Waals surface area contributed by atoms with E-state index in [0.29, 0.717) is 0 Å². The van der Waals surface area contributed by atoms with Crippen molar-refractivity contribution in [3.8, 4) is 17.1 Å². The van der Waals surface area contributed by atoms with Gasteiger partial charge in [-0.3, -0.25) is 0 Å². The van der Waals surface area contributed by atoms with E-state index in [-0.39, 0.29) is 10.8 Å². The first-order valence-corrected chi connectivity index (χ1v) is 21.8. The molecule has 0 aliphatic carbocycles. The first-order chi connectivity index (χ1) is 30.0. The fourth-order valence-electron chi connectivity index (χ4n) is 9.51. The first-order valence-electron chi connectivity index (χ1n) is 21.8. The van der Waals surface area contributed by atoms with Crippen LogP contribution in [-0.2, 0) is 10.8 Å². The number of fused-ring (bicyclic) bond motifs is 7. The van der Waals surface area contributed by atoms with Gasteiger partial charge in [0.2, 0.25) is 0 Å². The molecule has 302 valence electrons. The van der Waals surface area contributed by atoms with Crippen molar-refractivity contribution in [1.29, 1.82) is 0 Å². The van der Waals surface area contributed by atoms with Crippen LogP contribution in [0.2, 0.25) is 0 Å². The molecule has 0 saturated heterocycles. The van der Waals surface area contributed by atoms with E-state index in [1.807, 2.05) is 0 Å². The molecule has 0 amide bonds. The highest BCUT2D eigenvalue weighted by Gasteiger charge is 2.22. The third kappa shape index (κ3) is 6.20. The van der Waals surface area contributed by atoms with E-state index in [1.54, 1.807) is 0 Å². The van der Waals surface area contributed by atoms with Gasteiger partial charge in [-0.1, -0.05) is 126 Å². The van der Waals surface area contributed by atoms with Gasteiger partial charge in [-0.2, -0.15) is 0 Å². The van der Waals surface area contributed by atoms with Gasteiger partial charge in [0.05, 0.1) is 27.6 Å². The molecule has 0 N–H and O–H groups in total. The minimum Gasteiger partial charge on any atom is -0.317 e. The number of aromatic nitrogens is 3. The van der Waals surface area contributed by atoms with Crippen molar-refractivity contribution >= 4 is 71.6 Å². The Balaban J connectivity index is 1.10. The van der Waals surface area contributed by atoms with Crippen LogP contribution in [0.25, 0.3) is 71.6 Å². The monoisotopic (exact) mass is 802 g/mol. The van der Waals surface area contributed by atoms with E-state index in [2.05, 4.69) is 254 Å². The van der Waals surface area contributed by atoms with Crippen molar-refractivity contribution < 1.29 is 0 Å². The molecule has 4 nitrogen and oxygen atoms in total. The van der Waals surface area contributed by atoms with Crippen LogP contribution in [0.3, 0.4) is 0 Å². The minimum absolute atomic E-state index is 0.0408. The van der Waals surface area contributed by atoms with E-state index in [0.717, 1.165) is 28.4 Å². The van der Waals surface area contributed by atoms with Crippen LogP contribution in [0.5, 0.6) is 0 Å². The Morgan fingerprint density at radius 2 is 0.871 bits per heavy atom. The highest BCUT2D eigenvalue weighted by Crippen LogP contribution is 2.42. The SMILES string of the molecule is CC(C)(C)c1ccc(N(c2cccc(-n3c4ccccc4c4cc5c(ccn5-c5ccccc5)cc43)c2)c2ccc3c(c2)c2ccccc2n3-c2ccc(C(C)(C)C)cc2)cc1. The summed E-state index contributed by atoms with van der Waals surface area (Å²) in [4.78, 5) is 2.42. The van der Waals surface area contributed by atoms with Gasteiger partial charge in [0.15, 0.2) is 0 Å². The van der Waals surface area contributed by atoms with Gasteiger partial charge in [-0.25, -0.2) is 0 Å². The standard InChI is InChI=1S/C58H50N4/c1-57(2,3)40-23-27-43(28-24-40)60(47-31-32-54-50(37-47)48-19-10-12-21-52(48)61(54)44-29-25-41(26-30-44)58(4,5)6)45-17-14-18-46(36-45)62-53-22-13-11-20-49(53)51-38-55-39(35-56(51)62)33-34-59(55)42-15-8-7-9-16-42/h7-38H,1-6H3. The van der Waals surface area contributed by atoms with Crippen LogP contribution >= 0.6 is 0 Å². The number of hydrogen-bond donors (Lipinski definition) is 0. The molecule has 11 aromatic rings. The highest BCUT2D eigenvalue weighted by atomic mass is 15.1. The summed E-state index contributed by atoms with van der Waals surface area (Å²) in [6, 6.07) is 69.5. The van der Waals surface area contributed by atoms with Crippen LogP contribution in [0.4, 0.5) is 17.1 Å². The average Bonchev–Trinajstić information content (AvgIpc) is 3.95. The molecule has 0 spiro atoms. The quantitative estimate of drug-likeness (QED) is 0.164. The van der Waals surface area contributed by atoms with E-state index in [1.165, 1.54) is 71.3 Å². The molecule has 0 unspecified atom stereocenters. The summed E-state index contributed by atoms with van der Waals surface area (Å²) in [5.74, 6) is 0. The molecule has 8 aromatic carbocycles. The van der Waals surface area contributed by atoms with Crippen LogP contribution in [-0.4, -0.2) is 13.7 Å². The summed E-state index contributed by atoms with van der Waals surface area (Å²) in [6.45, 7) is 13.6. The summed E-state index contributed by atoms with van der Waals surface area (Å²) < 4.78 is 7.15. The zero-order valence-corrected chi connectivity index (χ0v) is 36.3. The normalized spacial score (nSPS) is 12.4. The smallest absolute Gasteiger partial charge is 0.0548 e. The molecule has 0 atom stereocenters. The molecule has 0 saturated carbocycles. The number of nitrogens with zero attached hydrogens (tertiary/aromatic N) is 4. The molecule has 62 heavy (non-hydrogen) atoms. The topological polar surface area (TPSA) is 18.0 Å². The second-order valence-corrected chi connectivity index (χ2v) is 18.8. The Kier molecular flexibility index (Phi) is 8.59. The lowest BCUT2D eigenvalue weighted by atomic mass is 9.87. The lowest BCUT2D eigenvalue weighted by Gasteiger charge is -2.27. The fraction of sp³-hybridized carbons (Fsp3) is 0.138. The van der Waals surface area contributed by atoms with Crippen LogP contribution in [0, 0.1) is 0 Å². The average molecular weight is 803 g/mol. The van der Waals surface area contributed by atoms with E-state index in [4.69, 9.17) is 0 Å². The Morgan fingerprint density at radius 1 is 0.339 bits per heavy atom. The highest BCUT2D eigenvalue weighted by molar-refractivity contribution is 6.14. The zero-order valence-electron chi connectivity index (χ0n) is 36.3. The van der Waals surface area contributed by atoms with Crippen molar-refractivity contribution in [2.75, 3.05) is 4.90 Å². The van der Waals surface area contributed by atoms with Gasteiger partial charge in [-0.05, 0) is 125 Å². The van der Waals surface area contributed by atoms with Crippen molar-refractivity contribution in [2.45, 2.75) is 52.4 Å². The summed E-state index contributed by atoms with van der Waals surface area (Å²) in [5, 5.41) is 6.14. The number of benzene rings is 8. The molecule has 3 aromatic heterocycles. The van der Waals surface area contributed by atoms with Gasteiger partial charge in [0.1, 0.15) is 0 Å². The molecular formula is C58H50N4. The Morgan fingerprint density at radius 3 is 1.53 bits per heavy atom.